The maximum Gasteiger partial charge on any atom is 0.228 e. The van der Waals surface area contributed by atoms with Crippen LogP contribution in [0.25, 0.3) is 0 Å². The fourth-order valence-electron chi connectivity index (χ4n) is 3.06. The van der Waals surface area contributed by atoms with Crippen LogP contribution in [0.15, 0.2) is 54.9 Å². The second-order valence-electron chi connectivity index (χ2n) is 5.91. The largest absolute Gasteiger partial charge is 0.326 e. The predicted octanol–water partition coefficient (Wildman–Crippen LogP) is 3.46. The lowest BCUT2D eigenvalue weighted by Crippen LogP contribution is -2.16. The summed E-state index contributed by atoms with van der Waals surface area (Å²) in [6, 6.07) is 13.9. The molecule has 0 bridgehead atoms. The van der Waals surface area contributed by atoms with Gasteiger partial charge in [-0.1, -0.05) is 44.2 Å². The van der Waals surface area contributed by atoms with Gasteiger partial charge in [0.1, 0.15) is 0 Å². The molecule has 0 spiro atoms. The first-order valence-corrected chi connectivity index (χ1v) is 6.86. The van der Waals surface area contributed by atoms with Crippen LogP contribution in [0.5, 0.6) is 0 Å². The Morgan fingerprint density at radius 2 is 1.75 bits per heavy atom. The van der Waals surface area contributed by atoms with E-state index in [-0.39, 0.29) is 17.2 Å². The maximum absolute atomic E-state index is 12.4. The minimum atomic E-state index is 0.0124. The van der Waals surface area contributed by atoms with Crippen LogP contribution in [0, 0.1) is 11.3 Å². The van der Waals surface area contributed by atoms with Crippen molar-refractivity contribution < 1.29 is 4.79 Å². The summed E-state index contributed by atoms with van der Waals surface area (Å²) in [4.78, 5) is 16.4. The number of amides is 1. The SMILES string of the molecule is CC1(C)[C@@H](C(=O)Nc2ccncc2)[C@@H]1c1ccccc1. The standard InChI is InChI=1S/C17H18N2O/c1-17(2)14(12-6-4-3-5-7-12)15(17)16(20)19-13-8-10-18-11-9-13/h3-11,14-15H,1-2H3,(H,18,19,20)/t14-,15+/m0/s1. The van der Waals surface area contributed by atoms with Gasteiger partial charge in [0, 0.05) is 24.0 Å². The first kappa shape index (κ1) is 12.9. The Bertz CT molecular complexity index is 607. The molecule has 1 fully saturated rings. The summed E-state index contributed by atoms with van der Waals surface area (Å²) < 4.78 is 0. The van der Waals surface area contributed by atoms with Gasteiger partial charge in [0.25, 0.3) is 0 Å². The van der Waals surface area contributed by atoms with Gasteiger partial charge in [0.05, 0.1) is 5.92 Å². The highest BCUT2D eigenvalue weighted by atomic mass is 16.2. The maximum atomic E-state index is 12.4. The molecule has 1 N–H and O–H groups in total. The first-order chi connectivity index (χ1) is 9.60. The molecule has 1 aliphatic rings. The van der Waals surface area contributed by atoms with Crippen molar-refractivity contribution >= 4 is 11.6 Å². The van der Waals surface area contributed by atoms with E-state index in [0.29, 0.717) is 5.92 Å². The van der Waals surface area contributed by atoms with Crippen LogP contribution in [0.3, 0.4) is 0 Å². The van der Waals surface area contributed by atoms with Crippen molar-refractivity contribution in [2.24, 2.45) is 11.3 Å². The number of pyridine rings is 1. The molecule has 20 heavy (non-hydrogen) atoms. The van der Waals surface area contributed by atoms with E-state index in [1.165, 1.54) is 5.56 Å². The minimum Gasteiger partial charge on any atom is -0.326 e. The monoisotopic (exact) mass is 266 g/mol. The topological polar surface area (TPSA) is 42.0 Å². The van der Waals surface area contributed by atoms with Crippen LogP contribution in [0.1, 0.15) is 25.3 Å². The molecule has 2 atom stereocenters. The number of rotatable bonds is 3. The van der Waals surface area contributed by atoms with Gasteiger partial charge in [-0.05, 0) is 23.1 Å². The fourth-order valence-corrected chi connectivity index (χ4v) is 3.06. The van der Waals surface area contributed by atoms with Crippen LogP contribution < -0.4 is 5.32 Å². The Morgan fingerprint density at radius 3 is 2.40 bits per heavy atom. The number of hydrogen-bond donors (Lipinski definition) is 1. The second kappa shape index (κ2) is 4.75. The lowest BCUT2D eigenvalue weighted by atomic mass is 10.0. The average molecular weight is 266 g/mol. The molecule has 0 aliphatic heterocycles. The number of carbonyl (C=O) groups excluding carboxylic acids is 1. The third-order valence-corrected chi connectivity index (χ3v) is 4.22. The molecule has 102 valence electrons. The lowest BCUT2D eigenvalue weighted by Gasteiger charge is -2.05. The minimum absolute atomic E-state index is 0.0124. The molecule has 3 nitrogen and oxygen atoms in total. The third kappa shape index (κ3) is 2.20. The van der Waals surface area contributed by atoms with Crippen LogP contribution >= 0.6 is 0 Å². The zero-order valence-electron chi connectivity index (χ0n) is 11.7. The second-order valence-corrected chi connectivity index (χ2v) is 5.91. The van der Waals surface area contributed by atoms with Crippen molar-refractivity contribution in [2.45, 2.75) is 19.8 Å². The molecule has 1 heterocycles. The summed E-state index contributed by atoms with van der Waals surface area (Å²) in [5.74, 6) is 0.415. The molecule has 1 aliphatic carbocycles. The van der Waals surface area contributed by atoms with Gasteiger partial charge >= 0.3 is 0 Å². The summed E-state index contributed by atoms with van der Waals surface area (Å²) in [6.07, 6.45) is 3.37. The average Bonchev–Trinajstić information content (AvgIpc) is 3.04. The number of nitrogens with one attached hydrogen (secondary N) is 1. The lowest BCUT2D eigenvalue weighted by molar-refractivity contribution is -0.118. The van der Waals surface area contributed by atoms with E-state index >= 15 is 0 Å². The van der Waals surface area contributed by atoms with Crippen LogP contribution in [0.4, 0.5) is 5.69 Å². The summed E-state index contributed by atoms with van der Waals surface area (Å²) in [5, 5.41) is 2.98. The highest BCUT2D eigenvalue weighted by Crippen LogP contribution is 2.64. The van der Waals surface area contributed by atoms with E-state index in [2.05, 4.69) is 36.3 Å². The molecule has 2 aromatic rings. The number of aromatic nitrogens is 1. The van der Waals surface area contributed by atoms with E-state index in [4.69, 9.17) is 0 Å². The molecular formula is C17H18N2O. The van der Waals surface area contributed by atoms with Gasteiger partial charge in [-0.2, -0.15) is 0 Å². The van der Waals surface area contributed by atoms with E-state index in [0.717, 1.165) is 5.69 Å². The Kier molecular flexibility index (Phi) is 3.05. The van der Waals surface area contributed by atoms with Crippen molar-refractivity contribution in [3.05, 3.63) is 60.4 Å². The van der Waals surface area contributed by atoms with E-state index in [1.54, 1.807) is 12.4 Å². The van der Waals surface area contributed by atoms with Crippen molar-refractivity contribution in [1.29, 1.82) is 0 Å². The van der Waals surface area contributed by atoms with Gasteiger partial charge in [-0.25, -0.2) is 0 Å². The molecule has 0 radical (unpaired) electrons. The molecule has 1 aromatic carbocycles. The summed E-state index contributed by atoms with van der Waals surface area (Å²) >= 11 is 0. The van der Waals surface area contributed by atoms with Crippen LogP contribution in [-0.4, -0.2) is 10.9 Å². The van der Waals surface area contributed by atoms with Crippen molar-refractivity contribution in [1.82, 2.24) is 4.98 Å². The van der Waals surface area contributed by atoms with E-state index in [1.807, 2.05) is 30.3 Å². The quantitative estimate of drug-likeness (QED) is 0.924. The molecule has 1 aromatic heterocycles. The van der Waals surface area contributed by atoms with Crippen molar-refractivity contribution in [3.63, 3.8) is 0 Å². The van der Waals surface area contributed by atoms with Crippen LogP contribution in [0.2, 0.25) is 0 Å². The van der Waals surface area contributed by atoms with Crippen molar-refractivity contribution in [2.75, 3.05) is 5.32 Å². The number of anilines is 1. The molecule has 3 heteroatoms. The molecule has 0 unspecified atom stereocenters. The number of carbonyl (C=O) groups is 1. The highest BCUT2D eigenvalue weighted by Gasteiger charge is 2.62. The summed E-state index contributed by atoms with van der Waals surface area (Å²) in [5.41, 5.74) is 2.06. The predicted molar refractivity (Wildman–Crippen MR) is 79.3 cm³/mol. The Balaban J connectivity index is 1.76. The molecule has 0 saturated heterocycles. The molecule has 1 saturated carbocycles. The first-order valence-electron chi connectivity index (χ1n) is 6.86. The Hall–Kier alpha value is -2.16. The zero-order chi connectivity index (χ0) is 14.2. The Labute approximate surface area is 119 Å². The summed E-state index contributed by atoms with van der Waals surface area (Å²) in [6.45, 7) is 4.31. The molecular weight excluding hydrogens is 248 g/mol. The molecule has 1 amide bonds. The summed E-state index contributed by atoms with van der Waals surface area (Å²) in [7, 11) is 0. The van der Waals surface area contributed by atoms with Gasteiger partial charge < -0.3 is 5.32 Å². The van der Waals surface area contributed by atoms with Gasteiger partial charge in [0.15, 0.2) is 0 Å². The van der Waals surface area contributed by atoms with Gasteiger partial charge in [-0.3, -0.25) is 9.78 Å². The van der Waals surface area contributed by atoms with E-state index in [9.17, 15) is 4.79 Å². The molecule has 3 rings (SSSR count). The smallest absolute Gasteiger partial charge is 0.228 e. The number of benzene rings is 1. The highest BCUT2D eigenvalue weighted by molar-refractivity contribution is 5.96. The Morgan fingerprint density at radius 1 is 1.10 bits per heavy atom. The van der Waals surface area contributed by atoms with Gasteiger partial charge in [-0.15, -0.1) is 0 Å². The zero-order valence-corrected chi connectivity index (χ0v) is 11.7. The van der Waals surface area contributed by atoms with E-state index < -0.39 is 0 Å². The number of hydrogen-bond acceptors (Lipinski definition) is 2. The normalized spacial score (nSPS) is 23.1. The fraction of sp³-hybridized carbons (Fsp3) is 0.294. The van der Waals surface area contributed by atoms with Crippen molar-refractivity contribution in [3.8, 4) is 0 Å². The van der Waals surface area contributed by atoms with Gasteiger partial charge in [0.2, 0.25) is 5.91 Å². The third-order valence-electron chi connectivity index (χ3n) is 4.22. The number of nitrogens with zero attached hydrogens (tertiary/aromatic N) is 1. The van der Waals surface area contributed by atoms with Crippen LogP contribution in [-0.2, 0) is 4.79 Å².